The van der Waals surface area contributed by atoms with E-state index >= 15 is 0 Å². The van der Waals surface area contributed by atoms with Crippen molar-refractivity contribution >= 4 is 0 Å². The van der Waals surface area contributed by atoms with Crippen LogP contribution in [0.4, 0.5) is 0 Å². The van der Waals surface area contributed by atoms with Gasteiger partial charge in [-0.3, -0.25) is 0 Å². The molecular weight excluding hydrogens is 179 g/mol. The van der Waals surface area contributed by atoms with Gasteiger partial charge < -0.3 is 7.13 Å². The Hall–Kier alpha value is 7.55. The average Bonchev–Trinajstić information content (AvgIpc) is 0. The van der Waals surface area contributed by atoms with Crippen LogP contribution in [0.2, 0.25) is 0 Å². The predicted octanol–water partition coefficient (Wildman–Crippen LogP) is -14.4. The van der Waals surface area contributed by atoms with E-state index in [1.54, 1.807) is 0 Å². The zero-order valence-corrected chi connectivity index (χ0v) is 19.5. The molecule has 0 unspecified atom stereocenters. The quantitative estimate of drug-likeness (QED) is 0.328. The van der Waals surface area contributed by atoms with E-state index in [9.17, 15) is 0 Å². The molecule has 5 heteroatoms. The van der Waals surface area contributed by atoms with Crippen LogP contribution in [0.5, 0.6) is 0 Å². The number of rotatable bonds is 0. The van der Waals surface area contributed by atoms with Crippen LogP contribution in [0.1, 0.15) is 7.13 Å². The van der Waals surface area contributed by atoms with Crippen molar-refractivity contribution in [2.75, 3.05) is 0 Å². The third-order valence-electron chi connectivity index (χ3n) is 0. The Morgan fingerprint density at radius 3 is 0.600 bits per heavy atom. The number of hydrogen-bond donors (Lipinski definition) is 0. The first-order chi connectivity index (χ1) is 0. The van der Waals surface area contributed by atoms with Crippen LogP contribution in [0.15, 0.2) is 0 Å². The van der Waals surface area contributed by atoms with Gasteiger partial charge in [0.1, 0.15) is 0 Å². The largest absolute Gasteiger partial charge is 1.00 e. The fourth-order valence-corrected chi connectivity index (χ4v) is 0. The summed E-state index contributed by atoms with van der Waals surface area (Å²) in [5.41, 5.74) is 0. The SMILES string of the molecule is [H-].[H-].[H-].[H-].[H-].[K+].[K+].[K+].[K+].[Na+]. The topological polar surface area (TPSA) is 0 Å². The summed E-state index contributed by atoms with van der Waals surface area (Å²) in [5, 5.41) is 0. The maximum atomic E-state index is 0. The molecule has 0 rings (SSSR count). The molecule has 0 bridgehead atoms. The minimum atomic E-state index is 0. The van der Waals surface area contributed by atoms with Crippen LogP contribution in [0, 0.1) is 0 Å². The van der Waals surface area contributed by atoms with Crippen molar-refractivity contribution in [1.82, 2.24) is 0 Å². The van der Waals surface area contributed by atoms with Gasteiger partial charge in [0.25, 0.3) is 0 Å². The zero-order valence-electron chi connectivity index (χ0n) is 10.0. The van der Waals surface area contributed by atoms with Gasteiger partial charge in [-0.25, -0.2) is 0 Å². The molecule has 0 fully saturated rings. The molecule has 0 atom stereocenters. The van der Waals surface area contributed by atoms with Gasteiger partial charge in [-0.2, -0.15) is 0 Å². The third kappa shape index (κ3) is 18.5. The molecule has 0 amide bonds. The van der Waals surface area contributed by atoms with E-state index in [1.807, 2.05) is 0 Å². The molecule has 0 aliphatic heterocycles. The Labute approximate surface area is 233 Å². The van der Waals surface area contributed by atoms with Crippen molar-refractivity contribution in [3.63, 3.8) is 0 Å². The standard InChI is InChI=1S/4K.Na.5H/q5*+1;5*-1. The summed E-state index contributed by atoms with van der Waals surface area (Å²) >= 11 is 0. The Balaban J connectivity index is 0. The van der Waals surface area contributed by atoms with Crippen LogP contribution >= 0.6 is 0 Å². The van der Waals surface area contributed by atoms with Crippen molar-refractivity contribution in [2.45, 2.75) is 0 Å². The smallest absolute Gasteiger partial charge is 1.00 e. The molecule has 0 spiro atoms. The molecule has 0 saturated carbocycles. The van der Waals surface area contributed by atoms with Gasteiger partial charge in [0, 0.05) is 0 Å². The Morgan fingerprint density at radius 2 is 0.600 bits per heavy atom. The fraction of sp³-hybridized carbons (Fsp3) is 0. The molecule has 0 aromatic rings. The molecule has 10 valence electrons. The predicted molar refractivity (Wildman–Crippen MR) is 5.56 cm³/mol. The van der Waals surface area contributed by atoms with E-state index in [2.05, 4.69) is 0 Å². The van der Waals surface area contributed by atoms with Gasteiger partial charge in [-0.1, -0.05) is 0 Å². The Morgan fingerprint density at radius 1 is 0.600 bits per heavy atom. The summed E-state index contributed by atoms with van der Waals surface area (Å²) in [6.45, 7) is 0. The van der Waals surface area contributed by atoms with Crippen LogP contribution in [0.25, 0.3) is 0 Å². The van der Waals surface area contributed by atoms with Crippen molar-refractivity contribution in [2.24, 2.45) is 0 Å². The van der Waals surface area contributed by atoms with E-state index < -0.39 is 0 Å². The number of hydrogen-bond acceptors (Lipinski definition) is 0. The van der Waals surface area contributed by atoms with Crippen molar-refractivity contribution in [1.29, 1.82) is 0 Å². The average molecular weight is 184 g/mol. The molecule has 5 heavy (non-hydrogen) atoms. The zero-order chi connectivity index (χ0) is 0. The minimum Gasteiger partial charge on any atom is -1.00 e. The molecule has 0 saturated heterocycles. The first-order valence-electron chi connectivity index (χ1n) is 0. The summed E-state index contributed by atoms with van der Waals surface area (Å²) in [4.78, 5) is 0. The van der Waals surface area contributed by atoms with Gasteiger partial charge in [0.05, 0.1) is 0 Å². The molecule has 0 N–H and O–H groups in total. The van der Waals surface area contributed by atoms with Crippen molar-refractivity contribution < 1.29 is 242 Å². The molecule has 0 radical (unpaired) electrons. The third-order valence-corrected chi connectivity index (χ3v) is 0. The molecule has 0 nitrogen and oxygen atoms in total. The van der Waals surface area contributed by atoms with Crippen LogP contribution < -0.4 is 235 Å². The first kappa shape index (κ1) is 29.4. The van der Waals surface area contributed by atoms with Crippen LogP contribution in [0.3, 0.4) is 0 Å². The van der Waals surface area contributed by atoms with Crippen LogP contribution in [-0.4, -0.2) is 0 Å². The summed E-state index contributed by atoms with van der Waals surface area (Å²) in [7, 11) is 0. The van der Waals surface area contributed by atoms with Crippen molar-refractivity contribution in [3.05, 3.63) is 0 Å². The van der Waals surface area contributed by atoms with Crippen LogP contribution in [-0.2, 0) is 0 Å². The van der Waals surface area contributed by atoms with Gasteiger partial charge >= 0.3 is 235 Å². The molecule has 0 heterocycles. The first-order valence-corrected chi connectivity index (χ1v) is 0. The van der Waals surface area contributed by atoms with E-state index in [0.717, 1.165) is 0 Å². The normalized spacial score (nSPS) is 0. The molecule has 0 aliphatic carbocycles. The van der Waals surface area contributed by atoms with Gasteiger partial charge in [0.15, 0.2) is 0 Å². The monoisotopic (exact) mass is 184 g/mol. The summed E-state index contributed by atoms with van der Waals surface area (Å²) in [5.74, 6) is 0. The Bertz CT molecular complexity index is 13.6. The molecular formula is H5K4Na. The van der Waals surface area contributed by atoms with E-state index in [-0.39, 0.29) is 242 Å². The van der Waals surface area contributed by atoms with Crippen molar-refractivity contribution in [3.8, 4) is 0 Å². The maximum Gasteiger partial charge on any atom is 1.00 e. The van der Waals surface area contributed by atoms with E-state index in [0.29, 0.717) is 0 Å². The maximum absolute atomic E-state index is 0. The second-order valence-electron chi connectivity index (χ2n) is 0. The summed E-state index contributed by atoms with van der Waals surface area (Å²) in [6.07, 6.45) is 0. The Kier molecular flexibility index (Phi) is 132. The fourth-order valence-electron chi connectivity index (χ4n) is 0. The van der Waals surface area contributed by atoms with Gasteiger partial charge in [-0.15, -0.1) is 0 Å². The molecule has 0 aliphatic rings. The summed E-state index contributed by atoms with van der Waals surface area (Å²) < 4.78 is 0. The second-order valence-corrected chi connectivity index (χ2v) is 0. The van der Waals surface area contributed by atoms with E-state index in [4.69, 9.17) is 0 Å². The van der Waals surface area contributed by atoms with Gasteiger partial charge in [-0.05, 0) is 0 Å². The second kappa shape index (κ2) is 22.6. The molecule has 0 aromatic carbocycles. The van der Waals surface area contributed by atoms with E-state index in [1.165, 1.54) is 0 Å². The molecule has 0 aromatic heterocycles. The van der Waals surface area contributed by atoms with Gasteiger partial charge in [0.2, 0.25) is 0 Å². The minimum absolute atomic E-state index is 0. The summed E-state index contributed by atoms with van der Waals surface area (Å²) in [6, 6.07) is 0.